The third-order valence-electron chi connectivity index (χ3n) is 1.76. The molecule has 0 heterocycles. The van der Waals surface area contributed by atoms with Crippen molar-refractivity contribution < 1.29 is 19.5 Å². The summed E-state index contributed by atoms with van der Waals surface area (Å²) < 4.78 is 9.79. The first-order valence-electron chi connectivity index (χ1n) is 4.19. The molecule has 1 aromatic carbocycles. The molecule has 0 aliphatic rings. The minimum Gasteiger partial charge on any atom is -0.467 e. The first kappa shape index (κ1) is 11.4. The monoisotopic (exact) mass is 213 g/mol. The maximum atomic E-state index is 10.5. The molecule has 0 saturated heterocycles. The fourth-order valence-corrected chi connectivity index (χ4v) is 1.07. The molecule has 0 radical (unpaired) electrons. The molecule has 6 nitrogen and oxygen atoms in total. The summed E-state index contributed by atoms with van der Waals surface area (Å²) in [7, 11) is 1.46. The van der Waals surface area contributed by atoms with Crippen molar-refractivity contribution >= 4 is 5.69 Å². The van der Waals surface area contributed by atoms with Gasteiger partial charge in [-0.3, -0.25) is 10.1 Å². The van der Waals surface area contributed by atoms with Gasteiger partial charge in [0.2, 0.25) is 0 Å². The topological polar surface area (TPSA) is 81.8 Å². The second-order valence-corrected chi connectivity index (χ2v) is 2.76. The van der Waals surface area contributed by atoms with Crippen LogP contribution in [-0.4, -0.2) is 23.9 Å². The van der Waals surface area contributed by atoms with Crippen LogP contribution >= 0.6 is 0 Å². The Morgan fingerprint density at radius 2 is 2.27 bits per heavy atom. The van der Waals surface area contributed by atoms with E-state index in [4.69, 9.17) is 9.84 Å². The smallest absolute Gasteiger partial charge is 0.270 e. The van der Waals surface area contributed by atoms with Gasteiger partial charge >= 0.3 is 0 Å². The molecule has 0 aliphatic heterocycles. The molecule has 0 bridgehead atoms. The van der Waals surface area contributed by atoms with Crippen LogP contribution in [0.2, 0.25) is 0 Å². The summed E-state index contributed by atoms with van der Waals surface area (Å²) in [4.78, 5) is 9.92. The second kappa shape index (κ2) is 5.28. The Kier molecular flexibility index (Phi) is 4.02. The van der Waals surface area contributed by atoms with Crippen LogP contribution < -0.4 is 4.74 Å². The van der Waals surface area contributed by atoms with Crippen LogP contribution in [-0.2, 0) is 11.3 Å². The van der Waals surface area contributed by atoms with E-state index in [1.807, 2.05) is 0 Å². The normalized spacial score (nSPS) is 10.0. The highest BCUT2D eigenvalue weighted by atomic mass is 16.7. The van der Waals surface area contributed by atoms with Crippen LogP contribution in [0.25, 0.3) is 0 Å². The van der Waals surface area contributed by atoms with Crippen LogP contribution in [0, 0.1) is 10.1 Å². The summed E-state index contributed by atoms with van der Waals surface area (Å²) in [6.07, 6.45) is 0. The van der Waals surface area contributed by atoms with Gasteiger partial charge in [0.05, 0.1) is 11.5 Å². The Labute approximate surface area is 86.2 Å². The molecular formula is C9H11NO5. The lowest BCUT2D eigenvalue weighted by Crippen LogP contribution is -2.02. The van der Waals surface area contributed by atoms with E-state index in [1.165, 1.54) is 25.3 Å². The van der Waals surface area contributed by atoms with E-state index in [0.29, 0.717) is 11.3 Å². The van der Waals surface area contributed by atoms with Crippen LogP contribution in [0.1, 0.15) is 5.56 Å². The largest absolute Gasteiger partial charge is 0.467 e. The Morgan fingerprint density at radius 1 is 1.53 bits per heavy atom. The molecule has 15 heavy (non-hydrogen) atoms. The average molecular weight is 213 g/mol. The fraction of sp³-hybridized carbons (Fsp3) is 0.333. The number of nitro groups is 1. The zero-order valence-electron chi connectivity index (χ0n) is 8.17. The number of methoxy groups -OCH3 is 1. The number of ether oxygens (including phenoxy) is 2. The Morgan fingerprint density at radius 3 is 2.80 bits per heavy atom. The van der Waals surface area contributed by atoms with Gasteiger partial charge < -0.3 is 14.6 Å². The van der Waals surface area contributed by atoms with E-state index >= 15 is 0 Å². The number of hydrogen-bond donors (Lipinski definition) is 1. The van der Waals surface area contributed by atoms with E-state index in [2.05, 4.69) is 4.74 Å². The molecular weight excluding hydrogens is 202 g/mol. The zero-order chi connectivity index (χ0) is 11.3. The van der Waals surface area contributed by atoms with Gasteiger partial charge in [0.15, 0.2) is 6.79 Å². The lowest BCUT2D eigenvalue weighted by Gasteiger charge is -2.08. The highest BCUT2D eigenvalue weighted by Crippen LogP contribution is 2.24. The summed E-state index contributed by atoms with van der Waals surface area (Å²) in [5.74, 6) is 0.380. The number of benzene rings is 1. The lowest BCUT2D eigenvalue weighted by atomic mass is 10.2. The summed E-state index contributed by atoms with van der Waals surface area (Å²) in [5, 5.41) is 19.4. The summed E-state index contributed by atoms with van der Waals surface area (Å²) in [6, 6.07) is 4.01. The van der Waals surface area contributed by atoms with E-state index in [9.17, 15) is 10.1 Å². The minimum atomic E-state index is -0.529. The van der Waals surface area contributed by atoms with Crippen LogP contribution in [0.3, 0.4) is 0 Å². The molecule has 0 aromatic heterocycles. The molecule has 0 amide bonds. The first-order valence-corrected chi connectivity index (χ1v) is 4.19. The Bertz CT molecular complexity index is 352. The molecule has 0 unspecified atom stereocenters. The van der Waals surface area contributed by atoms with E-state index in [1.54, 1.807) is 0 Å². The second-order valence-electron chi connectivity index (χ2n) is 2.76. The van der Waals surface area contributed by atoms with Crippen LogP contribution in [0.4, 0.5) is 5.69 Å². The average Bonchev–Trinajstić information content (AvgIpc) is 2.25. The lowest BCUT2D eigenvalue weighted by molar-refractivity contribution is -0.385. The van der Waals surface area contributed by atoms with E-state index in [-0.39, 0.29) is 19.1 Å². The van der Waals surface area contributed by atoms with Gasteiger partial charge in [-0.1, -0.05) is 0 Å². The van der Waals surface area contributed by atoms with Crippen molar-refractivity contribution in [2.45, 2.75) is 6.61 Å². The maximum absolute atomic E-state index is 10.5. The SMILES string of the molecule is COCOc1ccc([N+](=O)[O-])cc1CO. The summed E-state index contributed by atoms with van der Waals surface area (Å²) in [6.45, 7) is -0.286. The summed E-state index contributed by atoms with van der Waals surface area (Å²) >= 11 is 0. The Balaban J connectivity index is 2.93. The molecule has 0 aliphatic carbocycles. The number of rotatable bonds is 5. The zero-order valence-corrected chi connectivity index (χ0v) is 8.17. The van der Waals surface area contributed by atoms with Crippen LogP contribution in [0.5, 0.6) is 5.75 Å². The van der Waals surface area contributed by atoms with Crippen molar-refractivity contribution in [1.82, 2.24) is 0 Å². The van der Waals surface area contributed by atoms with Gasteiger partial charge in [-0.2, -0.15) is 0 Å². The highest BCUT2D eigenvalue weighted by molar-refractivity contribution is 5.43. The maximum Gasteiger partial charge on any atom is 0.270 e. The predicted octanol–water partition coefficient (Wildman–Crippen LogP) is 1.07. The van der Waals surface area contributed by atoms with Gasteiger partial charge in [0.1, 0.15) is 5.75 Å². The molecule has 0 atom stereocenters. The standard InChI is InChI=1S/C9H11NO5/c1-14-6-15-9-3-2-8(10(12)13)4-7(9)5-11/h2-4,11H,5-6H2,1H3. The number of non-ortho nitro benzene ring substituents is 1. The predicted molar refractivity (Wildman–Crippen MR) is 51.5 cm³/mol. The first-order chi connectivity index (χ1) is 7.19. The van der Waals surface area contributed by atoms with E-state index in [0.717, 1.165) is 0 Å². The minimum absolute atomic E-state index is 0.0326. The third kappa shape index (κ3) is 2.90. The molecule has 82 valence electrons. The molecule has 0 saturated carbocycles. The van der Waals surface area contributed by atoms with E-state index < -0.39 is 4.92 Å². The number of aliphatic hydroxyl groups excluding tert-OH is 1. The van der Waals surface area contributed by atoms with Crippen molar-refractivity contribution in [3.8, 4) is 5.75 Å². The number of aliphatic hydroxyl groups is 1. The van der Waals surface area contributed by atoms with Gasteiger partial charge in [0.25, 0.3) is 5.69 Å². The Hall–Kier alpha value is -1.66. The summed E-state index contributed by atoms with van der Waals surface area (Å²) in [5.41, 5.74) is 0.282. The molecule has 6 heteroatoms. The number of nitro benzene ring substituents is 1. The van der Waals surface area contributed by atoms with Crippen molar-refractivity contribution in [2.75, 3.05) is 13.9 Å². The molecule has 1 N–H and O–H groups in total. The van der Waals surface area contributed by atoms with Gasteiger partial charge in [0, 0.05) is 24.8 Å². The third-order valence-corrected chi connectivity index (χ3v) is 1.76. The van der Waals surface area contributed by atoms with Gasteiger partial charge in [-0.25, -0.2) is 0 Å². The number of hydrogen-bond acceptors (Lipinski definition) is 5. The van der Waals surface area contributed by atoms with Gasteiger partial charge in [-0.15, -0.1) is 0 Å². The van der Waals surface area contributed by atoms with Crippen molar-refractivity contribution in [3.63, 3.8) is 0 Å². The van der Waals surface area contributed by atoms with Crippen molar-refractivity contribution in [2.24, 2.45) is 0 Å². The fourth-order valence-electron chi connectivity index (χ4n) is 1.07. The highest BCUT2D eigenvalue weighted by Gasteiger charge is 2.10. The van der Waals surface area contributed by atoms with Gasteiger partial charge in [-0.05, 0) is 6.07 Å². The quantitative estimate of drug-likeness (QED) is 0.449. The molecule has 0 spiro atoms. The molecule has 0 fully saturated rings. The number of nitrogens with zero attached hydrogens (tertiary/aromatic N) is 1. The molecule has 1 rings (SSSR count). The van der Waals surface area contributed by atoms with Crippen LogP contribution in [0.15, 0.2) is 18.2 Å². The molecule has 1 aromatic rings. The van der Waals surface area contributed by atoms with Crippen molar-refractivity contribution in [1.29, 1.82) is 0 Å². The van der Waals surface area contributed by atoms with Crippen molar-refractivity contribution in [3.05, 3.63) is 33.9 Å².